The fraction of sp³-hybridized carbons (Fsp3) is 0.222. The maximum atomic E-state index is 4.47. The lowest BCUT2D eigenvalue weighted by Gasteiger charge is -2.30. The zero-order chi connectivity index (χ0) is 26.4. The Morgan fingerprint density at radius 2 is 1.43 bits per heavy atom. The molecule has 0 unspecified atom stereocenters. The summed E-state index contributed by atoms with van der Waals surface area (Å²) in [6, 6.07) is 26.3. The highest BCUT2D eigenvalue weighted by Crippen LogP contribution is 2.49. The Hall–Kier alpha value is -3.84. The number of allylic oxidation sites excluding steroid dienone is 7. The molecule has 1 aliphatic rings. The van der Waals surface area contributed by atoms with Crippen molar-refractivity contribution in [2.45, 2.75) is 45.4 Å². The predicted octanol–water partition coefficient (Wildman–Crippen LogP) is 9.56. The van der Waals surface area contributed by atoms with Crippen molar-refractivity contribution < 1.29 is 0 Å². The number of hydrogen-bond donors (Lipinski definition) is 0. The first-order chi connectivity index (χ1) is 17.6. The summed E-state index contributed by atoms with van der Waals surface area (Å²) in [5, 5.41) is 5.22. The van der Waals surface area contributed by atoms with Gasteiger partial charge in [0.25, 0.3) is 0 Å². The Bertz CT molecular complexity index is 1610. The molecule has 1 heteroatoms. The van der Waals surface area contributed by atoms with Gasteiger partial charge in [-0.2, -0.15) is 0 Å². The van der Waals surface area contributed by atoms with Gasteiger partial charge < -0.3 is 4.90 Å². The molecule has 0 N–H and O–H groups in total. The summed E-state index contributed by atoms with van der Waals surface area (Å²) in [6.45, 7) is 15.9. The van der Waals surface area contributed by atoms with Crippen LogP contribution in [0.1, 0.15) is 44.4 Å². The molecule has 186 valence electrons. The Kier molecular flexibility index (Phi) is 6.20. The maximum Gasteiger partial charge on any atom is 0.0454 e. The van der Waals surface area contributed by atoms with Crippen LogP contribution in [0.4, 0.5) is 5.69 Å². The monoisotopic (exact) mass is 483 g/mol. The van der Waals surface area contributed by atoms with Crippen LogP contribution in [0.3, 0.4) is 0 Å². The van der Waals surface area contributed by atoms with Gasteiger partial charge in [0.2, 0.25) is 0 Å². The van der Waals surface area contributed by atoms with Crippen LogP contribution >= 0.6 is 0 Å². The molecule has 5 rings (SSSR count). The summed E-state index contributed by atoms with van der Waals surface area (Å²) >= 11 is 0. The van der Waals surface area contributed by atoms with E-state index in [4.69, 9.17) is 0 Å². The zero-order valence-electron chi connectivity index (χ0n) is 23.0. The Balaban J connectivity index is 1.39. The van der Waals surface area contributed by atoms with Crippen LogP contribution in [-0.4, -0.2) is 7.05 Å². The Labute approximate surface area is 222 Å². The summed E-state index contributed by atoms with van der Waals surface area (Å²) in [5.41, 5.74) is 7.50. The molecule has 0 aliphatic carbocycles. The number of anilines is 1. The Morgan fingerprint density at radius 1 is 0.811 bits per heavy atom. The maximum absolute atomic E-state index is 4.47. The zero-order valence-corrected chi connectivity index (χ0v) is 23.0. The molecule has 0 radical (unpaired) electrons. The highest BCUT2D eigenvalue weighted by Gasteiger charge is 2.39. The van der Waals surface area contributed by atoms with Gasteiger partial charge in [0.05, 0.1) is 0 Å². The number of benzene rings is 4. The van der Waals surface area contributed by atoms with Crippen molar-refractivity contribution in [3.05, 3.63) is 138 Å². The van der Waals surface area contributed by atoms with Crippen molar-refractivity contribution in [3.63, 3.8) is 0 Å². The molecule has 4 aromatic rings. The van der Waals surface area contributed by atoms with Crippen LogP contribution in [-0.2, 0) is 10.8 Å². The lowest BCUT2D eigenvalue weighted by molar-refractivity contribution is 0.643. The summed E-state index contributed by atoms with van der Waals surface area (Å²) in [6.07, 6.45) is 10.8. The van der Waals surface area contributed by atoms with Gasteiger partial charge in [-0.15, -0.1) is 0 Å². The first kappa shape index (κ1) is 24.8. The largest absolute Gasteiger partial charge is 0.347 e. The van der Waals surface area contributed by atoms with E-state index in [0.717, 1.165) is 5.57 Å². The van der Waals surface area contributed by atoms with Gasteiger partial charge in [-0.05, 0) is 62.9 Å². The first-order valence-electron chi connectivity index (χ1n) is 13.1. The third kappa shape index (κ3) is 4.13. The van der Waals surface area contributed by atoms with Crippen LogP contribution < -0.4 is 4.90 Å². The van der Waals surface area contributed by atoms with E-state index in [-0.39, 0.29) is 10.8 Å². The van der Waals surface area contributed by atoms with Gasteiger partial charge in [0, 0.05) is 29.3 Å². The standard InChI is InChI=1S/C36H37N/c1-25-21-22-27-16-11-13-18-29(27)33(25)35(3,4)26(2)15-9-8-10-20-32-36(5,6)34-30-19-14-12-17-28(30)23-24-31(34)37(32)7/h8-24H,2H2,1,3-7H3/b10-8+,15-9+,32-20+. The molecule has 0 saturated heterocycles. The van der Waals surface area contributed by atoms with Crippen LogP contribution in [0.5, 0.6) is 0 Å². The Morgan fingerprint density at radius 3 is 2.16 bits per heavy atom. The molecule has 0 amide bonds. The highest BCUT2D eigenvalue weighted by molar-refractivity contribution is 5.94. The molecule has 37 heavy (non-hydrogen) atoms. The minimum Gasteiger partial charge on any atom is -0.347 e. The summed E-state index contributed by atoms with van der Waals surface area (Å²) in [5.74, 6) is 0. The van der Waals surface area contributed by atoms with E-state index in [1.807, 2.05) is 0 Å². The highest BCUT2D eigenvalue weighted by atomic mass is 15.2. The number of nitrogens with zero attached hydrogens (tertiary/aromatic N) is 1. The second-order valence-corrected chi connectivity index (χ2v) is 11.3. The fourth-order valence-corrected chi connectivity index (χ4v) is 6.16. The molecule has 4 aromatic carbocycles. The van der Waals surface area contributed by atoms with E-state index in [1.165, 1.54) is 49.6 Å². The second kappa shape index (κ2) is 9.23. The molecular weight excluding hydrogens is 446 g/mol. The molecule has 0 spiro atoms. The lowest BCUT2D eigenvalue weighted by atomic mass is 9.74. The van der Waals surface area contributed by atoms with Gasteiger partial charge in [0.15, 0.2) is 0 Å². The third-order valence-corrected chi connectivity index (χ3v) is 8.23. The molecule has 1 aliphatic heterocycles. The van der Waals surface area contributed by atoms with Crippen LogP contribution in [0, 0.1) is 6.92 Å². The molecule has 1 heterocycles. The fourth-order valence-electron chi connectivity index (χ4n) is 6.16. The quantitative estimate of drug-likeness (QED) is 0.255. The third-order valence-electron chi connectivity index (χ3n) is 8.23. The van der Waals surface area contributed by atoms with Gasteiger partial charge in [-0.3, -0.25) is 0 Å². The number of rotatable bonds is 5. The van der Waals surface area contributed by atoms with Crippen molar-refractivity contribution in [2.24, 2.45) is 0 Å². The first-order valence-corrected chi connectivity index (χ1v) is 13.1. The SMILES string of the molecule is C=C(/C=C/C=C/C=C1/N(C)c2ccc3ccccc3c2C1(C)C)C(C)(C)c1c(C)ccc2ccccc12. The topological polar surface area (TPSA) is 3.24 Å². The molecule has 0 saturated carbocycles. The molecule has 0 atom stereocenters. The van der Waals surface area contributed by atoms with E-state index in [2.05, 4.69) is 156 Å². The second-order valence-electron chi connectivity index (χ2n) is 11.3. The average Bonchev–Trinajstić information content (AvgIpc) is 3.08. The molecule has 0 bridgehead atoms. The predicted molar refractivity (Wildman–Crippen MR) is 163 cm³/mol. The molecule has 0 aromatic heterocycles. The van der Waals surface area contributed by atoms with E-state index < -0.39 is 0 Å². The van der Waals surface area contributed by atoms with Crippen LogP contribution in [0.15, 0.2) is 121 Å². The van der Waals surface area contributed by atoms with Gasteiger partial charge in [0.1, 0.15) is 0 Å². The van der Waals surface area contributed by atoms with Crippen molar-refractivity contribution in [3.8, 4) is 0 Å². The molecule has 0 fully saturated rings. The molecular formula is C36H37N. The van der Waals surface area contributed by atoms with Gasteiger partial charge in [-0.1, -0.05) is 125 Å². The van der Waals surface area contributed by atoms with Crippen molar-refractivity contribution in [2.75, 3.05) is 11.9 Å². The van der Waals surface area contributed by atoms with Crippen LogP contribution in [0.2, 0.25) is 0 Å². The van der Waals surface area contributed by atoms with Crippen molar-refractivity contribution >= 4 is 27.2 Å². The minimum atomic E-state index is -0.176. The average molecular weight is 484 g/mol. The lowest BCUT2D eigenvalue weighted by Crippen LogP contribution is -2.22. The van der Waals surface area contributed by atoms with E-state index in [0.29, 0.717) is 0 Å². The van der Waals surface area contributed by atoms with E-state index in [9.17, 15) is 0 Å². The van der Waals surface area contributed by atoms with E-state index >= 15 is 0 Å². The van der Waals surface area contributed by atoms with E-state index in [1.54, 1.807) is 0 Å². The number of hydrogen-bond acceptors (Lipinski definition) is 1. The summed E-state index contributed by atoms with van der Waals surface area (Å²) in [4.78, 5) is 2.33. The summed E-state index contributed by atoms with van der Waals surface area (Å²) in [7, 11) is 2.18. The van der Waals surface area contributed by atoms with Crippen molar-refractivity contribution in [1.29, 1.82) is 0 Å². The number of aryl methyl sites for hydroxylation is 1. The summed E-state index contributed by atoms with van der Waals surface area (Å²) < 4.78 is 0. The normalized spacial score (nSPS) is 16.5. The number of fused-ring (bicyclic) bond motifs is 4. The smallest absolute Gasteiger partial charge is 0.0454 e. The minimum absolute atomic E-state index is 0.0729. The van der Waals surface area contributed by atoms with Gasteiger partial charge >= 0.3 is 0 Å². The molecule has 1 nitrogen and oxygen atoms in total. The number of likely N-dealkylation sites (N-methyl/N-ethyl adjacent to an activating group) is 1. The van der Waals surface area contributed by atoms with Crippen molar-refractivity contribution in [1.82, 2.24) is 0 Å². The van der Waals surface area contributed by atoms with Crippen LogP contribution in [0.25, 0.3) is 21.5 Å². The van der Waals surface area contributed by atoms with Gasteiger partial charge in [-0.25, -0.2) is 0 Å².